The molecule has 0 saturated carbocycles. The Morgan fingerprint density at radius 2 is 2.32 bits per heavy atom. The van der Waals surface area contributed by atoms with Gasteiger partial charge in [0, 0.05) is 32.7 Å². The summed E-state index contributed by atoms with van der Waals surface area (Å²) in [6.07, 6.45) is 4.62. The van der Waals surface area contributed by atoms with Gasteiger partial charge in [0.05, 0.1) is 6.10 Å². The monoisotopic (exact) mass is 420 g/mol. The maximum absolute atomic E-state index is 5.93. The molecule has 7 nitrogen and oxygen atoms in total. The van der Waals surface area contributed by atoms with Crippen LogP contribution in [0.15, 0.2) is 4.99 Å². The van der Waals surface area contributed by atoms with Crippen molar-refractivity contribution in [3.63, 3.8) is 0 Å². The highest BCUT2D eigenvalue weighted by Gasteiger charge is 2.21. The summed E-state index contributed by atoms with van der Waals surface area (Å²) in [6.45, 7) is 5.32. The number of halogens is 1. The summed E-state index contributed by atoms with van der Waals surface area (Å²) in [5, 5.41) is 11.5. The lowest BCUT2D eigenvalue weighted by molar-refractivity contribution is 0.114. The zero-order valence-electron chi connectivity index (χ0n) is 13.0. The number of nitrogens with zero attached hydrogens (tertiary/aromatic N) is 4. The topological polar surface area (TPSA) is 90.4 Å². The molecular weight excluding hydrogens is 395 g/mol. The Balaban J connectivity index is 0.00000176. The molecule has 0 aromatic carbocycles. The van der Waals surface area contributed by atoms with Gasteiger partial charge in [-0.15, -0.1) is 34.2 Å². The molecule has 2 atom stereocenters. The zero-order valence-corrected chi connectivity index (χ0v) is 15.3. The Hall–Kier alpha value is -0.900. The summed E-state index contributed by atoms with van der Waals surface area (Å²) in [6, 6.07) is 0. The fourth-order valence-electron chi connectivity index (χ4n) is 2.99. The number of ether oxygens (including phenoxy) is 1. The molecule has 2 aliphatic rings. The van der Waals surface area contributed by atoms with Crippen LogP contribution < -0.4 is 11.1 Å². The number of aryl methyl sites for hydroxylation is 2. The fraction of sp³-hybridized carbons (Fsp3) is 0.786. The van der Waals surface area contributed by atoms with Gasteiger partial charge in [0.15, 0.2) is 5.96 Å². The second-order valence-electron chi connectivity index (χ2n) is 5.92. The van der Waals surface area contributed by atoms with E-state index in [0.29, 0.717) is 11.9 Å². The second-order valence-corrected chi connectivity index (χ2v) is 5.92. The van der Waals surface area contributed by atoms with Gasteiger partial charge in [-0.3, -0.25) is 4.99 Å². The minimum atomic E-state index is 0. The third-order valence-corrected chi connectivity index (χ3v) is 4.28. The highest BCUT2D eigenvalue weighted by Crippen LogP contribution is 2.19. The molecule has 1 fully saturated rings. The number of nitrogens with two attached hydrogens (primary N) is 1. The summed E-state index contributed by atoms with van der Waals surface area (Å²) in [5.41, 5.74) is 5.93. The lowest BCUT2D eigenvalue weighted by atomic mass is 9.99. The van der Waals surface area contributed by atoms with E-state index in [9.17, 15) is 0 Å². The number of hydrogen-bond acceptors (Lipinski definition) is 4. The maximum Gasteiger partial charge on any atom is 0.188 e. The van der Waals surface area contributed by atoms with Crippen molar-refractivity contribution in [2.75, 3.05) is 19.7 Å². The first-order valence-electron chi connectivity index (χ1n) is 7.76. The molecule has 8 heteroatoms. The largest absolute Gasteiger partial charge is 0.376 e. The van der Waals surface area contributed by atoms with E-state index >= 15 is 0 Å². The number of rotatable bonds is 4. The number of aliphatic imine (C=N–C) groups is 1. The van der Waals surface area contributed by atoms with Crippen LogP contribution >= 0.6 is 24.0 Å². The van der Waals surface area contributed by atoms with Crippen LogP contribution in [0.2, 0.25) is 0 Å². The third kappa shape index (κ3) is 4.31. The highest BCUT2D eigenvalue weighted by atomic mass is 127. The number of hydrogen-bond donors (Lipinski definition) is 2. The van der Waals surface area contributed by atoms with Crippen LogP contribution in [0.1, 0.15) is 30.9 Å². The molecule has 1 aromatic heterocycles. The van der Waals surface area contributed by atoms with Gasteiger partial charge in [0.2, 0.25) is 0 Å². The molecule has 22 heavy (non-hydrogen) atoms. The Morgan fingerprint density at radius 1 is 1.45 bits per heavy atom. The van der Waals surface area contributed by atoms with Crippen molar-refractivity contribution >= 4 is 29.9 Å². The average molecular weight is 420 g/mol. The van der Waals surface area contributed by atoms with Gasteiger partial charge in [-0.1, -0.05) is 0 Å². The Morgan fingerprint density at radius 3 is 3.09 bits per heavy atom. The minimum absolute atomic E-state index is 0. The first-order chi connectivity index (χ1) is 10.2. The molecule has 2 unspecified atom stereocenters. The number of nitrogens with one attached hydrogen (secondary N) is 1. The molecule has 3 rings (SSSR count). The quantitative estimate of drug-likeness (QED) is 0.428. The molecule has 0 bridgehead atoms. The van der Waals surface area contributed by atoms with Crippen LogP contribution in [0.4, 0.5) is 0 Å². The molecule has 124 valence electrons. The summed E-state index contributed by atoms with van der Waals surface area (Å²) < 4.78 is 7.75. The van der Waals surface area contributed by atoms with Crippen molar-refractivity contribution in [3.8, 4) is 0 Å². The van der Waals surface area contributed by atoms with Crippen LogP contribution in [-0.2, 0) is 17.7 Å². The Bertz CT molecular complexity index is 511. The summed E-state index contributed by atoms with van der Waals surface area (Å²) in [7, 11) is 0. The number of fused-ring (bicyclic) bond motifs is 1. The van der Waals surface area contributed by atoms with E-state index in [0.717, 1.165) is 63.6 Å². The van der Waals surface area contributed by atoms with Crippen molar-refractivity contribution in [1.82, 2.24) is 20.1 Å². The molecule has 1 aromatic rings. The van der Waals surface area contributed by atoms with Gasteiger partial charge in [-0.25, -0.2) is 0 Å². The molecule has 0 aliphatic carbocycles. The van der Waals surface area contributed by atoms with E-state index in [4.69, 9.17) is 10.5 Å². The lowest BCUT2D eigenvalue weighted by Crippen LogP contribution is -2.37. The van der Waals surface area contributed by atoms with Crippen molar-refractivity contribution in [3.05, 3.63) is 11.6 Å². The smallest absolute Gasteiger partial charge is 0.188 e. The first-order valence-corrected chi connectivity index (χ1v) is 7.76. The van der Waals surface area contributed by atoms with Crippen LogP contribution in [-0.4, -0.2) is 46.5 Å². The maximum atomic E-state index is 5.93. The predicted octanol–water partition coefficient (Wildman–Crippen LogP) is 0.850. The van der Waals surface area contributed by atoms with Crippen LogP contribution in [0.3, 0.4) is 0 Å². The van der Waals surface area contributed by atoms with E-state index in [1.165, 1.54) is 0 Å². The summed E-state index contributed by atoms with van der Waals surface area (Å²) >= 11 is 0. The molecule has 0 radical (unpaired) electrons. The molecule has 3 N–H and O–H groups in total. The van der Waals surface area contributed by atoms with Crippen LogP contribution in [0.25, 0.3) is 0 Å². The summed E-state index contributed by atoms with van der Waals surface area (Å²) in [5.74, 6) is 3.12. The second kappa shape index (κ2) is 8.09. The number of guanidine groups is 1. The molecule has 3 heterocycles. The van der Waals surface area contributed by atoms with Gasteiger partial charge in [0.25, 0.3) is 0 Å². The predicted molar refractivity (Wildman–Crippen MR) is 95.5 cm³/mol. The SMILES string of the molecule is Cc1nnc2n1CC(CN=C(N)NCC1CCCO1)CC2.I. The molecule has 0 amide bonds. The normalized spacial score (nSPS) is 24.7. The fourth-order valence-corrected chi connectivity index (χ4v) is 2.99. The van der Waals surface area contributed by atoms with E-state index in [1.54, 1.807) is 0 Å². The van der Waals surface area contributed by atoms with Crippen molar-refractivity contribution < 1.29 is 4.74 Å². The molecule has 1 saturated heterocycles. The van der Waals surface area contributed by atoms with Crippen molar-refractivity contribution in [2.45, 2.75) is 45.3 Å². The number of aromatic nitrogens is 3. The van der Waals surface area contributed by atoms with E-state index in [2.05, 4.69) is 25.1 Å². The first kappa shape index (κ1) is 17.5. The average Bonchev–Trinajstić information content (AvgIpc) is 3.13. The third-order valence-electron chi connectivity index (χ3n) is 4.28. The standard InChI is InChI=1S/C14H24N6O.HI/c1-10-18-19-13-5-4-11(9-20(10)13)7-16-14(15)17-8-12-3-2-6-21-12;/h11-12H,2-9H2,1H3,(H3,15,16,17);1H. The molecule has 2 aliphatic heterocycles. The van der Waals surface area contributed by atoms with Gasteiger partial charge < -0.3 is 20.4 Å². The van der Waals surface area contributed by atoms with Crippen molar-refractivity contribution in [2.24, 2.45) is 16.6 Å². The van der Waals surface area contributed by atoms with Crippen molar-refractivity contribution in [1.29, 1.82) is 0 Å². The van der Waals surface area contributed by atoms with E-state index < -0.39 is 0 Å². The van der Waals surface area contributed by atoms with E-state index in [1.807, 2.05) is 6.92 Å². The Kier molecular flexibility index (Phi) is 6.42. The highest BCUT2D eigenvalue weighted by molar-refractivity contribution is 14.0. The molecule has 0 spiro atoms. The van der Waals surface area contributed by atoms with Crippen LogP contribution in [0.5, 0.6) is 0 Å². The summed E-state index contributed by atoms with van der Waals surface area (Å²) in [4.78, 5) is 4.47. The lowest BCUT2D eigenvalue weighted by Gasteiger charge is -2.22. The zero-order chi connectivity index (χ0) is 14.7. The molecular formula is C14H25IN6O. The van der Waals surface area contributed by atoms with Gasteiger partial charge in [0.1, 0.15) is 11.6 Å². The van der Waals surface area contributed by atoms with Gasteiger partial charge >= 0.3 is 0 Å². The van der Waals surface area contributed by atoms with Gasteiger partial charge in [-0.2, -0.15) is 0 Å². The van der Waals surface area contributed by atoms with Gasteiger partial charge in [-0.05, 0) is 32.1 Å². The minimum Gasteiger partial charge on any atom is -0.376 e. The van der Waals surface area contributed by atoms with E-state index in [-0.39, 0.29) is 30.1 Å². The van der Waals surface area contributed by atoms with Crippen LogP contribution in [0, 0.1) is 12.8 Å². The Labute approximate surface area is 148 Å².